The van der Waals surface area contributed by atoms with Gasteiger partial charge in [-0.2, -0.15) is 0 Å². The van der Waals surface area contributed by atoms with Crippen LogP contribution in [0.25, 0.3) is 0 Å². The van der Waals surface area contributed by atoms with Crippen LogP contribution in [0.1, 0.15) is 31.4 Å². The lowest BCUT2D eigenvalue weighted by molar-refractivity contribution is -0.130. The van der Waals surface area contributed by atoms with Crippen LogP contribution < -0.4 is 14.8 Å². The standard InChI is InChI=1S/C25H21ClN2O5/c1-3-6-16-13-20(32-22-10-5-8-18(26)15-27-22)11-12-21(16)31-19-9-4-7-17(14-19)25(2)23(29)28-24(30)33-25/h4-5,7-9,11-15H,3,6H2,1-2H3,(H,28,29,30)/t25-/m1/s1. The van der Waals surface area contributed by atoms with Gasteiger partial charge in [0.05, 0.1) is 11.2 Å². The fourth-order valence-corrected chi connectivity index (χ4v) is 3.50. The van der Waals surface area contributed by atoms with Gasteiger partial charge in [0.2, 0.25) is 5.60 Å². The Balaban J connectivity index is 1.57. The van der Waals surface area contributed by atoms with Crippen molar-refractivity contribution in [2.45, 2.75) is 32.3 Å². The van der Waals surface area contributed by atoms with Gasteiger partial charge in [0.1, 0.15) is 17.2 Å². The van der Waals surface area contributed by atoms with E-state index in [9.17, 15) is 9.59 Å². The molecule has 168 valence electrons. The number of hydrogen-bond acceptors (Lipinski definition) is 6. The molecule has 8 heteroatoms. The van der Waals surface area contributed by atoms with Crippen molar-refractivity contribution < 1.29 is 23.8 Å². The van der Waals surface area contributed by atoms with Crippen LogP contribution in [0, 0.1) is 0 Å². The number of rotatable bonds is 7. The molecule has 0 bridgehead atoms. The molecule has 2 aliphatic rings. The Labute approximate surface area is 196 Å². The van der Waals surface area contributed by atoms with E-state index in [1.165, 1.54) is 6.21 Å². The molecule has 7 nitrogen and oxygen atoms in total. The molecule has 0 radical (unpaired) electrons. The zero-order valence-corrected chi connectivity index (χ0v) is 18.8. The molecule has 2 aliphatic heterocycles. The Kier molecular flexibility index (Phi) is 6.36. The molecule has 2 amide bonds. The van der Waals surface area contributed by atoms with E-state index in [0.29, 0.717) is 33.7 Å². The number of nitrogens with zero attached hydrogens (tertiary/aromatic N) is 1. The molecule has 0 unspecified atom stereocenters. The third-order valence-corrected chi connectivity index (χ3v) is 5.30. The highest BCUT2D eigenvalue weighted by Gasteiger charge is 2.46. The fraction of sp³-hybridized carbons (Fsp3) is 0.200. The van der Waals surface area contributed by atoms with Gasteiger partial charge in [-0.3, -0.25) is 10.1 Å². The van der Waals surface area contributed by atoms with Gasteiger partial charge in [0, 0.05) is 5.56 Å². The zero-order chi connectivity index (χ0) is 23.4. The molecule has 2 heterocycles. The lowest BCUT2D eigenvalue weighted by Crippen LogP contribution is -2.33. The van der Waals surface area contributed by atoms with Gasteiger partial charge in [-0.15, -0.1) is 0 Å². The molecule has 33 heavy (non-hydrogen) atoms. The first-order chi connectivity index (χ1) is 15.9. The number of amides is 2. The van der Waals surface area contributed by atoms with Gasteiger partial charge < -0.3 is 14.2 Å². The van der Waals surface area contributed by atoms with Crippen molar-refractivity contribution in [1.29, 1.82) is 0 Å². The van der Waals surface area contributed by atoms with Crippen LogP contribution in [0.3, 0.4) is 0 Å². The highest BCUT2D eigenvalue weighted by molar-refractivity contribution is 6.39. The van der Waals surface area contributed by atoms with Gasteiger partial charge in [-0.25, -0.2) is 9.79 Å². The number of nitrogens with one attached hydrogen (secondary N) is 1. The van der Waals surface area contributed by atoms with E-state index in [-0.39, 0.29) is 0 Å². The molecular formula is C25H21ClN2O5. The summed E-state index contributed by atoms with van der Waals surface area (Å²) in [5.41, 5.74) is 2.97. The van der Waals surface area contributed by atoms with Gasteiger partial charge in [-0.1, -0.05) is 42.8 Å². The summed E-state index contributed by atoms with van der Waals surface area (Å²) in [5, 5.41) is 2.65. The number of hydrogen-bond donors (Lipinski definition) is 1. The van der Waals surface area contributed by atoms with E-state index in [1.54, 1.807) is 49.4 Å². The summed E-state index contributed by atoms with van der Waals surface area (Å²) in [6, 6.07) is 12.4. The summed E-state index contributed by atoms with van der Waals surface area (Å²) in [4.78, 5) is 27.9. The van der Waals surface area contributed by atoms with Crippen molar-refractivity contribution in [2.24, 2.45) is 4.99 Å². The molecule has 0 aromatic heterocycles. The SMILES string of the molecule is CCCc1cc(OC2=C=CC=C(Cl)C=N2)ccc1Oc1cccc([C@@]2(C)OC(=O)NC2=O)c1. The van der Waals surface area contributed by atoms with E-state index in [4.69, 9.17) is 25.8 Å². The lowest BCUT2D eigenvalue weighted by Gasteiger charge is -2.20. The number of benzene rings is 2. The van der Waals surface area contributed by atoms with E-state index >= 15 is 0 Å². The number of ether oxygens (including phenoxy) is 3. The number of aryl methyl sites for hydroxylation is 1. The highest BCUT2D eigenvalue weighted by atomic mass is 35.5. The molecule has 4 rings (SSSR count). The minimum absolute atomic E-state index is 0.295. The number of aliphatic imine (C=N–C) groups is 1. The molecule has 0 saturated carbocycles. The maximum atomic E-state index is 12.2. The number of carbonyl (C=O) groups excluding carboxylic acids is 2. The van der Waals surface area contributed by atoms with E-state index < -0.39 is 17.6 Å². The Morgan fingerprint density at radius 2 is 1.97 bits per heavy atom. The molecule has 1 saturated heterocycles. The minimum atomic E-state index is -1.40. The molecule has 2 aromatic rings. The van der Waals surface area contributed by atoms with Crippen LogP contribution in [0.15, 0.2) is 76.3 Å². The number of halogens is 1. The first-order valence-electron chi connectivity index (χ1n) is 10.4. The van der Waals surface area contributed by atoms with Crippen molar-refractivity contribution in [1.82, 2.24) is 5.32 Å². The van der Waals surface area contributed by atoms with E-state index in [2.05, 4.69) is 23.0 Å². The maximum absolute atomic E-state index is 12.2. The van der Waals surface area contributed by atoms with Crippen LogP contribution in [0.2, 0.25) is 0 Å². The molecule has 1 atom stereocenters. The first kappa shape index (κ1) is 22.4. The maximum Gasteiger partial charge on any atom is 0.415 e. The summed E-state index contributed by atoms with van der Waals surface area (Å²) in [7, 11) is 0. The molecular weight excluding hydrogens is 444 g/mol. The smallest absolute Gasteiger partial charge is 0.415 e. The molecule has 2 aromatic carbocycles. The number of imide groups is 1. The Morgan fingerprint density at radius 3 is 2.73 bits per heavy atom. The largest absolute Gasteiger partial charge is 0.457 e. The third-order valence-electron chi connectivity index (χ3n) is 5.08. The van der Waals surface area contributed by atoms with Crippen molar-refractivity contribution in [3.8, 4) is 17.2 Å². The summed E-state index contributed by atoms with van der Waals surface area (Å²) < 4.78 is 17.2. The summed E-state index contributed by atoms with van der Waals surface area (Å²) >= 11 is 5.94. The Bertz CT molecular complexity index is 1240. The molecule has 0 spiro atoms. The topological polar surface area (TPSA) is 86.2 Å². The predicted molar refractivity (Wildman–Crippen MR) is 124 cm³/mol. The second-order valence-corrected chi connectivity index (χ2v) is 7.99. The van der Waals surface area contributed by atoms with Crippen LogP contribution >= 0.6 is 11.6 Å². The second kappa shape index (κ2) is 9.36. The van der Waals surface area contributed by atoms with Gasteiger partial charge in [0.15, 0.2) is 0 Å². The number of allylic oxidation sites excluding steroid dienone is 3. The van der Waals surface area contributed by atoms with E-state index in [0.717, 1.165) is 18.4 Å². The van der Waals surface area contributed by atoms with Crippen molar-refractivity contribution in [2.75, 3.05) is 0 Å². The minimum Gasteiger partial charge on any atom is -0.457 e. The molecule has 0 aliphatic carbocycles. The molecule has 1 fully saturated rings. The second-order valence-electron chi connectivity index (χ2n) is 7.55. The lowest BCUT2D eigenvalue weighted by atomic mass is 9.95. The third kappa shape index (κ3) is 5.00. The van der Waals surface area contributed by atoms with Crippen LogP contribution in [-0.4, -0.2) is 18.2 Å². The average molecular weight is 465 g/mol. The predicted octanol–water partition coefficient (Wildman–Crippen LogP) is 5.50. The number of cyclic esters (lactones) is 1. The summed E-state index contributed by atoms with van der Waals surface area (Å²) in [6.07, 6.45) is 5.70. The van der Waals surface area contributed by atoms with Crippen molar-refractivity contribution >= 4 is 29.8 Å². The van der Waals surface area contributed by atoms with Crippen molar-refractivity contribution in [3.63, 3.8) is 0 Å². The molecule has 1 N–H and O–H groups in total. The fourth-order valence-electron chi connectivity index (χ4n) is 3.39. The Morgan fingerprint density at radius 1 is 1.15 bits per heavy atom. The zero-order valence-electron chi connectivity index (χ0n) is 18.1. The monoisotopic (exact) mass is 464 g/mol. The number of carbonyl (C=O) groups is 2. The summed E-state index contributed by atoms with van der Waals surface area (Å²) in [6.45, 7) is 3.61. The van der Waals surface area contributed by atoms with Crippen molar-refractivity contribution in [3.05, 3.63) is 82.4 Å². The van der Waals surface area contributed by atoms with Crippen LogP contribution in [-0.2, 0) is 21.6 Å². The quantitative estimate of drug-likeness (QED) is 0.547. The van der Waals surface area contributed by atoms with E-state index in [1.807, 2.05) is 12.1 Å². The normalized spacial score (nSPS) is 19.4. The summed E-state index contributed by atoms with van der Waals surface area (Å²) in [5.74, 6) is 1.53. The van der Waals surface area contributed by atoms with Gasteiger partial charge in [0.25, 0.3) is 11.8 Å². The first-order valence-corrected chi connectivity index (χ1v) is 10.8. The Hall–Kier alpha value is -3.80. The van der Waals surface area contributed by atoms with Crippen LogP contribution in [0.5, 0.6) is 17.2 Å². The van der Waals surface area contributed by atoms with Crippen LogP contribution in [0.4, 0.5) is 4.79 Å². The average Bonchev–Trinajstić information content (AvgIpc) is 2.92. The van der Waals surface area contributed by atoms with Gasteiger partial charge >= 0.3 is 6.09 Å². The number of alkyl carbamates (subject to hydrolysis) is 1. The highest BCUT2D eigenvalue weighted by Crippen LogP contribution is 2.35. The van der Waals surface area contributed by atoms with Gasteiger partial charge in [-0.05, 0) is 61.4 Å².